The molecular weight excluding hydrogens is 236 g/mol. The predicted octanol–water partition coefficient (Wildman–Crippen LogP) is 3.21. The van der Waals surface area contributed by atoms with E-state index >= 15 is 0 Å². The summed E-state index contributed by atoms with van der Waals surface area (Å²) < 4.78 is 5.57. The van der Waals surface area contributed by atoms with E-state index in [4.69, 9.17) is 4.52 Å². The first-order valence-electron chi connectivity index (χ1n) is 6.78. The number of fused-ring (bicyclic) bond motifs is 4. The Labute approximate surface area is 111 Å². The zero-order chi connectivity index (χ0) is 12.9. The summed E-state index contributed by atoms with van der Waals surface area (Å²) in [5.41, 5.74) is 3.04. The van der Waals surface area contributed by atoms with E-state index in [1.807, 2.05) is 12.3 Å². The summed E-state index contributed by atoms with van der Waals surface area (Å²) in [6, 6.07) is 2.37. The second kappa shape index (κ2) is 3.71. The zero-order valence-electron chi connectivity index (χ0n) is 10.6. The quantitative estimate of drug-likeness (QED) is 0.664. The van der Waals surface area contributed by atoms with Crippen molar-refractivity contribution in [3.05, 3.63) is 53.0 Å². The molecule has 1 fully saturated rings. The Morgan fingerprint density at radius 1 is 1.42 bits per heavy atom. The second-order valence-corrected chi connectivity index (χ2v) is 5.57. The number of allylic oxidation sites excluding steroid dienone is 6. The second-order valence-electron chi connectivity index (χ2n) is 5.57. The van der Waals surface area contributed by atoms with E-state index in [1.165, 1.54) is 11.1 Å². The van der Waals surface area contributed by atoms with Crippen LogP contribution in [0.5, 0.6) is 0 Å². The Hall–Kier alpha value is -2.08. The first kappa shape index (κ1) is 10.8. The van der Waals surface area contributed by atoms with Gasteiger partial charge in [-0.2, -0.15) is 5.26 Å². The van der Waals surface area contributed by atoms with Gasteiger partial charge in [0, 0.05) is 5.56 Å². The van der Waals surface area contributed by atoms with Gasteiger partial charge in [0.2, 0.25) is 0 Å². The molecule has 2 unspecified atom stereocenters. The molecule has 3 nitrogen and oxygen atoms in total. The number of aromatic nitrogens is 1. The lowest BCUT2D eigenvalue weighted by Gasteiger charge is -2.31. The number of rotatable bonds is 0. The number of hydrogen-bond acceptors (Lipinski definition) is 3. The topological polar surface area (TPSA) is 49.8 Å². The van der Waals surface area contributed by atoms with E-state index in [2.05, 4.69) is 29.5 Å². The molecule has 0 aromatic carbocycles. The predicted molar refractivity (Wildman–Crippen MR) is 70.1 cm³/mol. The van der Waals surface area contributed by atoms with Crippen LogP contribution in [0.3, 0.4) is 0 Å². The monoisotopic (exact) mass is 250 g/mol. The molecule has 0 amide bonds. The van der Waals surface area contributed by atoms with Crippen molar-refractivity contribution < 1.29 is 4.52 Å². The normalized spacial score (nSPS) is 31.4. The van der Waals surface area contributed by atoms with Gasteiger partial charge in [0.15, 0.2) is 5.76 Å². The van der Waals surface area contributed by atoms with Gasteiger partial charge in [-0.3, -0.25) is 0 Å². The van der Waals surface area contributed by atoms with Gasteiger partial charge < -0.3 is 4.52 Å². The van der Waals surface area contributed by atoms with Crippen LogP contribution in [0.15, 0.2) is 46.2 Å². The standard InChI is InChI=1S/C16H14N2O/c17-9-12-4-1-3-11-6-8-16(14(11)12)7-2-5-13-10-18-19-15(13)16/h1-2,4,7,10-11H,3,5-6,8H2. The molecule has 1 aromatic heterocycles. The molecule has 1 heterocycles. The first-order chi connectivity index (χ1) is 9.35. The maximum atomic E-state index is 9.42. The van der Waals surface area contributed by atoms with Crippen LogP contribution in [0, 0.1) is 17.2 Å². The highest BCUT2D eigenvalue weighted by molar-refractivity contribution is 5.56. The maximum Gasteiger partial charge on any atom is 0.154 e. The molecule has 0 aliphatic heterocycles. The largest absolute Gasteiger partial charge is 0.360 e. The van der Waals surface area contributed by atoms with Gasteiger partial charge in [0.05, 0.1) is 23.3 Å². The fraction of sp³-hybridized carbons (Fsp3) is 0.375. The lowest BCUT2D eigenvalue weighted by Crippen LogP contribution is -2.27. The average molecular weight is 250 g/mol. The van der Waals surface area contributed by atoms with Crippen LogP contribution in [-0.4, -0.2) is 5.16 Å². The van der Waals surface area contributed by atoms with Gasteiger partial charge in [-0.1, -0.05) is 23.4 Å². The average Bonchev–Trinajstić information content (AvgIpc) is 3.06. The van der Waals surface area contributed by atoms with Gasteiger partial charge in [-0.25, -0.2) is 0 Å². The summed E-state index contributed by atoms with van der Waals surface area (Å²) in [6.07, 6.45) is 14.4. The molecule has 94 valence electrons. The van der Waals surface area contributed by atoms with E-state index in [0.717, 1.165) is 37.0 Å². The molecule has 3 heteroatoms. The Morgan fingerprint density at radius 2 is 2.37 bits per heavy atom. The fourth-order valence-corrected chi connectivity index (χ4v) is 3.92. The minimum atomic E-state index is -0.204. The minimum Gasteiger partial charge on any atom is -0.360 e. The van der Waals surface area contributed by atoms with Crippen molar-refractivity contribution in [2.45, 2.75) is 31.1 Å². The number of nitriles is 1. The summed E-state index contributed by atoms with van der Waals surface area (Å²) in [5, 5.41) is 13.4. The highest BCUT2D eigenvalue weighted by Crippen LogP contribution is 2.55. The Morgan fingerprint density at radius 3 is 3.26 bits per heavy atom. The molecule has 0 saturated heterocycles. The summed E-state index contributed by atoms with van der Waals surface area (Å²) in [7, 11) is 0. The van der Waals surface area contributed by atoms with E-state index in [-0.39, 0.29) is 5.41 Å². The van der Waals surface area contributed by atoms with Crippen molar-refractivity contribution in [3.63, 3.8) is 0 Å². The number of nitrogens with zero attached hydrogens (tertiary/aromatic N) is 2. The molecule has 3 aliphatic rings. The molecule has 4 rings (SSSR count). The van der Waals surface area contributed by atoms with Crippen molar-refractivity contribution in [1.29, 1.82) is 5.26 Å². The van der Waals surface area contributed by atoms with E-state index in [1.54, 1.807) is 0 Å². The molecule has 1 saturated carbocycles. The first-order valence-corrected chi connectivity index (χ1v) is 6.78. The van der Waals surface area contributed by atoms with Gasteiger partial charge in [-0.05, 0) is 43.3 Å². The van der Waals surface area contributed by atoms with Crippen LogP contribution in [0.2, 0.25) is 0 Å². The molecule has 2 atom stereocenters. The van der Waals surface area contributed by atoms with E-state index in [9.17, 15) is 5.26 Å². The summed E-state index contributed by atoms with van der Waals surface area (Å²) in [4.78, 5) is 0. The van der Waals surface area contributed by atoms with Crippen molar-refractivity contribution in [2.24, 2.45) is 5.92 Å². The van der Waals surface area contributed by atoms with E-state index in [0.29, 0.717) is 5.92 Å². The third-order valence-corrected chi connectivity index (χ3v) is 4.68. The SMILES string of the molecule is N#CC1=C2C(CC=C1)CCC21C=CCc2cnoc21. The fourth-order valence-electron chi connectivity index (χ4n) is 3.92. The van der Waals surface area contributed by atoms with Crippen molar-refractivity contribution in [1.82, 2.24) is 5.16 Å². The van der Waals surface area contributed by atoms with Crippen molar-refractivity contribution >= 4 is 0 Å². The molecule has 3 aliphatic carbocycles. The van der Waals surface area contributed by atoms with Crippen LogP contribution in [-0.2, 0) is 11.8 Å². The molecule has 0 N–H and O–H groups in total. The van der Waals surface area contributed by atoms with Crippen LogP contribution in [0.4, 0.5) is 0 Å². The third kappa shape index (κ3) is 1.29. The van der Waals surface area contributed by atoms with Gasteiger partial charge in [0.25, 0.3) is 0 Å². The number of hydrogen-bond donors (Lipinski definition) is 0. The van der Waals surface area contributed by atoms with Gasteiger partial charge in [0.1, 0.15) is 0 Å². The lowest BCUT2D eigenvalue weighted by molar-refractivity contribution is 0.340. The van der Waals surface area contributed by atoms with Crippen LogP contribution >= 0.6 is 0 Å². The summed E-state index contributed by atoms with van der Waals surface area (Å²) >= 11 is 0. The van der Waals surface area contributed by atoms with Crippen molar-refractivity contribution in [2.75, 3.05) is 0 Å². The molecular formula is C16H14N2O. The molecule has 1 aromatic rings. The van der Waals surface area contributed by atoms with Crippen LogP contribution in [0.1, 0.15) is 30.6 Å². The highest BCUT2D eigenvalue weighted by atomic mass is 16.5. The summed E-state index contributed by atoms with van der Waals surface area (Å²) in [5.74, 6) is 1.45. The highest BCUT2D eigenvalue weighted by Gasteiger charge is 2.49. The Balaban J connectivity index is 1.99. The maximum absolute atomic E-state index is 9.42. The zero-order valence-corrected chi connectivity index (χ0v) is 10.6. The summed E-state index contributed by atoms with van der Waals surface area (Å²) in [6.45, 7) is 0. The third-order valence-electron chi connectivity index (χ3n) is 4.68. The van der Waals surface area contributed by atoms with E-state index < -0.39 is 0 Å². The van der Waals surface area contributed by atoms with Gasteiger partial charge in [-0.15, -0.1) is 0 Å². The minimum absolute atomic E-state index is 0.204. The molecule has 0 radical (unpaired) electrons. The smallest absolute Gasteiger partial charge is 0.154 e. The molecule has 0 bridgehead atoms. The Bertz CT molecular complexity index is 671. The Kier molecular flexibility index (Phi) is 2.11. The molecule has 1 spiro atoms. The lowest BCUT2D eigenvalue weighted by atomic mass is 9.71. The van der Waals surface area contributed by atoms with Crippen molar-refractivity contribution in [3.8, 4) is 6.07 Å². The van der Waals surface area contributed by atoms with Gasteiger partial charge >= 0.3 is 0 Å². The molecule has 19 heavy (non-hydrogen) atoms. The van der Waals surface area contributed by atoms with Crippen LogP contribution < -0.4 is 0 Å². The van der Waals surface area contributed by atoms with Crippen LogP contribution in [0.25, 0.3) is 0 Å².